The first-order chi connectivity index (χ1) is 6.65. The first-order valence-electron chi connectivity index (χ1n) is 4.18. The van der Waals surface area contributed by atoms with Gasteiger partial charge in [-0.3, -0.25) is 0 Å². The van der Waals surface area contributed by atoms with Gasteiger partial charge < -0.3 is 5.73 Å². The molecule has 0 aromatic heterocycles. The molecule has 0 fully saturated rings. The molecule has 1 atom stereocenters. The van der Waals surface area contributed by atoms with E-state index in [1.165, 1.54) is 0 Å². The maximum Gasteiger partial charge on any atom is 0.240 e. The van der Waals surface area contributed by atoms with Gasteiger partial charge in [-0.2, -0.15) is 5.26 Å². The van der Waals surface area contributed by atoms with Gasteiger partial charge in [0.15, 0.2) is 0 Å². The van der Waals surface area contributed by atoms with E-state index in [-0.39, 0.29) is 0 Å². The van der Waals surface area contributed by atoms with E-state index in [1.54, 1.807) is 24.3 Å². The Labute approximate surface area is 81.0 Å². The molecule has 2 nitrogen and oxygen atoms in total. The minimum Gasteiger partial charge on any atom is -0.324 e. The highest BCUT2D eigenvalue weighted by molar-refractivity contribution is 5.39. The number of nitriles is 1. The van der Waals surface area contributed by atoms with Crippen molar-refractivity contribution < 1.29 is 8.78 Å². The summed E-state index contributed by atoms with van der Waals surface area (Å²) in [7, 11) is 0. The summed E-state index contributed by atoms with van der Waals surface area (Å²) in [6, 6.07) is 7.69. The van der Waals surface area contributed by atoms with Gasteiger partial charge in [0.25, 0.3) is 0 Å². The number of hydrogen-bond acceptors (Lipinski definition) is 2. The van der Waals surface area contributed by atoms with Gasteiger partial charge >= 0.3 is 0 Å². The van der Waals surface area contributed by atoms with Crippen LogP contribution in [0.15, 0.2) is 24.3 Å². The number of nitrogens with zero attached hydrogens (tertiary/aromatic N) is 1. The molecule has 0 aliphatic carbocycles. The summed E-state index contributed by atoms with van der Waals surface area (Å²) in [6.07, 6.45) is -2.87. The van der Waals surface area contributed by atoms with Crippen molar-refractivity contribution in [2.75, 3.05) is 0 Å². The van der Waals surface area contributed by atoms with Gasteiger partial charge in [-0.15, -0.1) is 0 Å². The molecule has 0 amide bonds. The summed E-state index contributed by atoms with van der Waals surface area (Å²) < 4.78 is 24.1. The molecule has 0 bridgehead atoms. The molecule has 1 aromatic rings. The van der Waals surface area contributed by atoms with Crippen molar-refractivity contribution in [2.24, 2.45) is 5.73 Å². The number of rotatable bonds is 3. The van der Waals surface area contributed by atoms with E-state index in [0.29, 0.717) is 11.1 Å². The first-order valence-corrected chi connectivity index (χ1v) is 4.18. The number of alkyl halides is 2. The predicted octanol–water partition coefficient (Wildman–Crippen LogP) is 2.21. The minimum atomic E-state index is -2.45. The molecule has 14 heavy (non-hydrogen) atoms. The second kappa shape index (κ2) is 4.68. The minimum absolute atomic E-state index is 0.362. The molecule has 0 spiro atoms. The summed E-state index contributed by atoms with van der Waals surface area (Å²) in [4.78, 5) is 0. The van der Waals surface area contributed by atoms with Crippen molar-refractivity contribution in [1.82, 2.24) is 0 Å². The van der Waals surface area contributed by atoms with Crippen molar-refractivity contribution in [3.05, 3.63) is 35.4 Å². The van der Waals surface area contributed by atoms with Crippen LogP contribution in [0, 0.1) is 11.3 Å². The van der Waals surface area contributed by atoms with Gasteiger partial charge in [0.05, 0.1) is 11.6 Å². The molecule has 0 saturated heterocycles. The van der Waals surface area contributed by atoms with Gasteiger partial charge in [0, 0.05) is 12.5 Å². The summed E-state index contributed by atoms with van der Waals surface area (Å²) in [5.74, 6) is 0. The third-order valence-corrected chi connectivity index (χ3v) is 1.91. The largest absolute Gasteiger partial charge is 0.324 e. The standard InChI is InChI=1S/C10H10F2N2/c11-10(12)5-9(14)8-4-2-1-3-7(8)6-13/h1-4,9-10H,5,14H2/t9-/m0/s1. The Balaban J connectivity index is 2.89. The van der Waals surface area contributed by atoms with E-state index in [2.05, 4.69) is 0 Å². The zero-order valence-corrected chi connectivity index (χ0v) is 7.45. The number of nitrogens with two attached hydrogens (primary N) is 1. The lowest BCUT2D eigenvalue weighted by atomic mass is 10.00. The number of halogens is 2. The van der Waals surface area contributed by atoms with Crippen molar-refractivity contribution >= 4 is 0 Å². The van der Waals surface area contributed by atoms with Crippen molar-refractivity contribution in [1.29, 1.82) is 5.26 Å². The summed E-state index contributed by atoms with van der Waals surface area (Å²) in [5.41, 5.74) is 6.38. The molecule has 0 radical (unpaired) electrons. The lowest BCUT2D eigenvalue weighted by Gasteiger charge is -2.12. The zero-order chi connectivity index (χ0) is 10.6. The van der Waals surface area contributed by atoms with Crippen LogP contribution < -0.4 is 5.73 Å². The average Bonchev–Trinajstić information content (AvgIpc) is 2.16. The fraction of sp³-hybridized carbons (Fsp3) is 0.300. The Morgan fingerprint density at radius 1 is 1.36 bits per heavy atom. The van der Waals surface area contributed by atoms with E-state index in [4.69, 9.17) is 11.0 Å². The van der Waals surface area contributed by atoms with Gasteiger partial charge in [-0.1, -0.05) is 18.2 Å². The highest BCUT2D eigenvalue weighted by atomic mass is 19.3. The van der Waals surface area contributed by atoms with Crippen LogP contribution in [-0.2, 0) is 0 Å². The van der Waals surface area contributed by atoms with Gasteiger partial charge in [-0.25, -0.2) is 8.78 Å². The highest BCUT2D eigenvalue weighted by Gasteiger charge is 2.15. The summed E-state index contributed by atoms with van der Waals surface area (Å²) in [6.45, 7) is 0. The first kappa shape index (κ1) is 10.6. The maximum atomic E-state index is 12.0. The van der Waals surface area contributed by atoms with Gasteiger partial charge in [0.2, 0.25) is 6.43 Å². The van der Waals surface area contributed by atoms with Crippen molar-refractivity contribution in [3.8, 4) is 6.07 Å². The molecule has 74 valence electrons. The Morgan fingerprint density at radius 3 is 2.57 bits per heavy atom. The molecular formula is C10H10F2N2. The number of hydrogen-bond donors (Lipinski definition) is 1. The Hall–Kier alpha value is -1.47. The van der Waals surface area contributed by atoms with Crippen LogP contribution in [0.1, 0.15) is 23.6 Å². The monoisotopic (exact) mass is 196 g/mol. The summed E-state index contributed by atoms with van der Waals surface area (Å²) >= 11 is 0. The topological polar surface area (TPSA) is 49.8 Å². The van der Waals surface area contributed by atoms with Crippen LogP contribution >= 0.6 is 0 Å². The Kier molecular flexibility index (Phi) is 3.55. The quantitative estimate of drug-likeness (QED) is 0.805. The second-order valence-electron chi connectivity index (χ2n) is 2.93. The normalized spacial score (nSPS) is 12.5. The third kappa shape index (κ3) is 2.51. The molecule has 0 heterocycles. The molecule has 4 heteroatoms. The Morgan fingerprint density at radius 2 is 2.00 bits per heavy atom. The van der Waals surface area contributed by atoms with E-state index in [0.717, 1.165) is 0 Å². The third-order valence-electron chi connectivity index (χ3n) is 1.91. The van der Waals surface area contributed by atoms with Crippen LogP contribution in [0.5, 0.6) is 0 Å². The molecular weight excluding hydrogens is 186 g/mol. The summed E-state index contributed by atoms with van der Waals surface area (Å²) in [5, 5.41) is 8.71. The van der Waals surface area contributed by atoms with Crippen LogP contribution in [0.4, 0.5) is 8.78 Å². The Bertz CT molecular complexity index is 344. The molecule has 0 unspecified atom stereocenters. The van der Waals surface area contributed by atoms with E-state index in [9.17, 15) is 8.78 Å². The fourth-order valence-corrected chi connectivity index (χ4v) is 1.24. The van der Waals surface area contributed by atoms with Crippen LogP contribution in [-0.4, -0.2) is 6.43 Å². The SMILES string of the molecule is N#Cc1ccccc1[C@@H](N)CC(F)F. The lowest BCUT2D eigenvalue weighted by Crippen LogP contribution is -2.15. The fourth-order valence-electron chi connectivity index (χ4n) is 1.24. The molecule has 0 aliphatic heterocycles. The molecule has 0 aliphatic rings. The average molecular weight is 196 g/mol. The van der Waals surface area contributed by atoms with E-state index in [1.807, 2.05) is 6.07 Å². The second-order valence-corrected chi connectivity index (χ2v) is 2.93. The molecule has 1 aromatic carbocycles. The predicted molar refractivity (Wildman–Crippen MR) is 48.7 cm³/mol. The van der Waals surface area contributed by atoms with Crippen LogP contribution in [0.25, 0.3) is 0 Å². The lowest BCUT2D eigenvalue weighted by molar-refractivity contribution is 0.128. The van der Waals surface area contributed by atoms with Gasteiger partial charge in [-0.05, 0) is 11.6 Å². The van der Waals surface area contributed by atoms with E-state index < -0.39 is 18.9 Å². The smallest absolute Gasteiger partial charge is 0.240 e. The molecule has 0 saturated carbocycles. The van der Waals surface area contributed by atoms with E-state index >= 15 is 0 Å². The maximum absolute atomic E-state index is 12.0. The van der Waals surface area contributed by atoms with Gasteiger partial charge in [0.1, 0.15) is 0 Å². The van der Waals surface area contributed by atoms with Crippen molar-refractivity contribution in [3.63, 3.8) is 0 Å². The molecule has 2 N–H and O–H groups in total. The molecule has 1 rings (SSSR count). The van der Waals surface area contributed by atoms with Crippen molar-refractivity contribution in [2.45, 2.75) is 18.9 Å². The zero-order valence-electron chi connectivity index (χ0n) is 7.45. The van der Waals surface area contributed by atoms with Crippen LogP contribution in [0.3, 0.4) is 0 Å². The van der Waals surface area contributed by atoms with Crippen LogP contribution in [0.2, 0.25) is 0 Å². The highest BCUT2D eigenvalue weighted by Crippen LogP contribution is 2.20. The number of benzene rings is 1.